The van der Waals surface area contributed by atoms with Crippen LogP contribution >= 0.6 is 35.6 Å². The first-order valence-corrected chi connectivity index (χ1v) is 8.34. The molecule has 0 radical (unpaired) electrons. The molecular weight excluding hydrogens is 351 g/mol. The summed E-state index contributed by atoms with van der Waals surface area (Å²) in [5.41, 5.74) is 10.9. The van der Waals surface area contributed by atoms with Gasteiger partial charge in [0.15, 0.2) is 0 Å². The quantitative estimate of drug-likeness (QED) is 0.791. The van der Waals surface area contributed by atoms with Crippen LogP contribution in [0.1, 0.15) is 47.1 Å². The van der Waals surface area contributed by atoms with E-state index in [1.54, 1.807) is 0 Å². The first-order chi connectivity index (χ1) is 10.6. The Hall–Kier alpha value is -0.770. The summed E-state index contributed by atoms with van der Waals surface area (Å²) in [5.74, 6) is 0.362. The largest absolute Gasteiger partial charge is 0.326 e. The molecule has 1 aliphatic rings. The molecular formula is C18H21Cl3N2. The van der Waals surface area contributed by atoms with E-state index >= 15 is 0 Å². The van der Waals surface area contributed by atoms with Crippen LogP contribution in [0.4, 0.5) is 0 Å². The zero-order valence-corrected chi connectivity index (χ0v) is 15.3. The summed E-state index contributed by atoms with van der Waals surface area (Å²) in [6, 6.07) is 12.9. The minimum atomic E-state index is 0. The van der Waals surface area contributed by atoms with Gasteiger partial charge < -0.3 is 11.1 Å². The molecule has 3 N–H and O–H groups in total. The van der Waals surface area contributed by atoms with Gasteiger partial charge in [0.25, 0.3) is 0 Å². The molecule has 2 aromatic carbocycles. The average Bonchev–Trinajstić information content (AvgIpc) is 2.55. The fraction of sp³-hybridized carbons (Fsp3) is 0.333. The molecule has 1 unspecified atom stereocenters. The Kier molecular flexibility index (Phi) is 6.35. The topological polar surface area (TPSA) is 38.0 Å². The number of halogens is 3. The lowest BCUT2D eigenvalue weighted by molar-refractivity contribution is 0.470. The number of nitrogens with two attached hydrogens (primary N) is 1. The third kappa shape index (κ3) is 3.67. The highest BCUT2D eigenvalue weighted by Crippen LogP contribution is 2.42. The molecule has 0 aromatic heterocycles. The molecule has 0 bridgehead atoms. The molecule has 0 aliphatic heterocycles. The fourth-order valence-corrected chi connectivity index (χ4v) is 3.70. The van der Waals surface area contributed by atoms with Crippen LogP contribution in [0.3, 0.4) is 0 Å². The first-order valence-electron chi connectivity index (χ1n) is 7.59. The minimum absolute atomic E-state index is 0. The van der Waals surface area contributed by atoms with Crippen molar-refractivity contribution in [3.05, 3.63) is 68.7 Å². The van der Waals surface area contributed by atoms with Crippen LogP contribution in [0.2, 0.25) is 10.0 Å². The summed E-state index contributed by atoms with van der Waals surface area (Å²) >= 11 is 12.3. The van der Waals surface area contributed by atoms with Gasteiger partial charge in [-0.1, -0.05) is 47.5 Å². The summed E-state index contributed by atoms with van der Waals surface area (Å²) < 4.78 is 0. The summed E-state index contributed by atoms with van der Waals surface area (Å²) in [7, 11) is 2.02. The van der Waals surface area contributed by atoms with Gasteiger partial charge in [-0.15, -0.1) is 12.4 Å². The van der Waals surface area contributed by atoms with Crippen molar-refractivity contribution in [2.75, 3.05) is 7.05 Å². The van der Waals surface area contributed by atoms with Crippen molar-refractivity contribution in [2.45, 2.75) is 31.3 Å². The van der Waals surface area contributed by atoms with Gasteiger partial charge in [0, 0.05) is 18.5 Å². The van der Waals surface area contributed by atoms with Crippen LogP contribution in [-0.4, -0.2) is 7.05 Å². The maximum absolute atomic E-state index is 6.20. The van der Waals surface area contributed by atoms with E-state index in [2.05, 4.69) is 29.6 Å². The lowest BCUT2D eigenvalue weighted by Crippen LogP contribution is -2.24. The second-order valence-electron chi connectivity index (χ2n) is 5.81. The normalized spacial score (nSPS) is 19.8. The van der Waals surface area contributed by atoms with Gasteiger partial charge in [-0.05, 0) is 54.3 Å². The monoisotopic (exact) mass is 370 g/mol. The maximum Gasteiger partial charge on any atom is 0.0595 e. The highest BCUT2D eigenvalue weighted by molar-refractivity contribution is 6.42. The van der Waals surface area contributed by atoms with E-state index < -0.39 is 0 Å². The van der Waals surface area contributed by atoms with Gasteiger partial charge in [-0.25, -0.2) is 0 Å². The molecule has 5 heteroatoms. The predicted molar refractivity (Wildman–Crippen MR) is 101 cm³/mol. The van der Waals surface area contributed by atoms with E-state index in [4.69, 9.17) is 28.9 Å². The van der Waals surface area contributed by atoms with Crippen molar-refractivity contribution in [1.82, 2.24) is 5.32 Å². The molecule has 124 valence electrons. The van der Waals surface area contributed by atoms with E-state index in [1.807, 2.05) is 19.2 Å². The molecule has 0 spiro atoms. The summed E-state index contributed by atoms with van der Waals surface area (Å²) in [5, 5.41) is 4.64. The van der Waals surface area contributed by atoms with E-state index in [1.165, 1.54) is 22.3 Å². The lowest BCUT2D eigenvalue weighted by atomic mass is 9.76. The molecule has 0 fully saturated rings. The molecule has 0 amide bonds. The molecule has 2 atom stereocenters. The number of hydrogen-bond acceptors (Lipinski definition) is 2. The highest BCUT2D eigenvalue weighted by atomic mass is 35.5. The molecule has 2 nitrogen and oxygen atoms in total. The fourth-order valence-electron chi connectivity index (χ4n) is 3.39. The van der Waals surface area contributed by atoms with Gasteiger partial charge in [-0.3, -0.25) is 0 Å². The molecule has 1 aliphatic carbocycles. The zero-order valence-electron chi connectivity index (χ0n) is 13.0. The van der Waals surface area contributed by atoms with Crippen molar-refractivity contribution in [1.29, 1.82) is 0 Å². The second kappa shape index (κ2) is 7.87. The van der Waals surface area contributed by atoms with E-state index in [9.17, 15) is 0 Å². The van der Waals surface area contributed by atoms with Gasteiger partial charge in [0.05, 0.1) is 10.0 Å². The highest BCUT2D eigenvalue weighted by Gasteiger charge is 2.27. The van der Waals surface area contributed by atoms with Crippen molar-refractivity contribution >= 4 is 35.6 Å². The van der Waals surface area contributed by atoms with Crippen molar-refractivity contribution in [3.63, 3.8) is 0 Å². The van der Waals surface area contributed by atoms with Gasteiger partial charge >= 0.3 is 0 Å². The van der Waals surface area contributed by atoms with Crippen LogP contribution < -0.4 is 11.1 Å². The zero-order chi connectivity index (χ0) is 15.7. The number of benzene rings is 2. The van der Waals surface area contributed by atoms with Gasteiger partial charge in [-0.2, -0.15) is 0 Å². The van der Waals surface area contributed by atoms with Gasteiger partial charge in [0.1, 0.15) is 0 Å². The van der Waals surface area contributed by atoms with E-state index in [0.29, 0.717) is 28.5 Å². The van der Waals surface area contributed by atoms with Crippen molar-refractivity contribution in [2.24, 2.45) is 5.73 Å². The number of rotatable bonds is 3. The summed E-state index contributed by atoms with van der Waals surface area (Å²) in [4.78, 5) is 0. The molecule has 0 heterocycles. The Bertz CT molecular complexity index is 688. The minimum Gasteiger partial charge on any atom is -0.326 e. The average molecular weight is 372 g/mol. The Morgan fingerprint density at radius 1 is 1.04 bits per heavy atom. The SMILES string of the molecule is CN[C@H]1CCC(c2ccc(Cl)c(Cl)c2)c2ccc(CN)cc21.Cl. The van der Waals surface area contributed by atoms with Crippen molar-refractivity contribution < 1.29 is 0 Å². The molecule has 3 rings (SSSR count). The molecule has 0 saturated heterocycles. The van der Waals surface area contributed by atoms with Crippen LogP contribution in [-0.2, 0) is 6.54 Å². The van der Waals surface area contributed by atoms with Crippen molar-refractivity contribution in [3.8, 4) is 0 Å². The number of nitrogens with one attached hydrogen (secondary N) is 1. The standard InChI is InChI=1S/C18H20Cl2N2.ClH/c1-22-18-7-5-13(12-3-6-16(19)17(20)9-12)14-4-2-11(10-21)8-15(14)18;/h2-4,6,8-9,13,18,22H,5,7,10,21H2,1H3;1H/t13?,18-;/m0./s1. The van der Waals surface area contributed by atoms with E-state index in [-0.39, 0.29) is 12.4 Å². The maximum atomic E-state index is 6.20. The van der Waals surface area contributed by atoms with Gasteiger partial charge in [0.2, 0.25) is 0 Å². The number of hydrogen-bond donors (Lipinski definition) is 2. The van der Waals surface area contributed by atoms with Crippen LogP contribution in [0.15, 0.2) is 36.4 Å². The third-order valence-electron chi connectivity index (χ3n) is 4.58. The lowest BCUT2D eigenvalue weighted by Gasteiger charge is -2.32. The Balaban J connectivity index is 0.00000192. The molecule has 2 aromatic rings. The Morgan fingerprint density at radius 3 is 2.48 bits per heavy atom. The first kappa shape index (κ1) is 18.6. The second-order valence-corrected chi connectivity index (χ2v) is 6.63. The predicted octanol–water partition coefficient (Wildman–Crippen LogP) is 5.06. The Morgan fingerprint density at radius 2 is 1.83 bits per heavy atom. The van der Waals surface area contributed by atoms with Crippen LogP contribution in [0.5, 0.6) is 0 Å². The smallest absolute Gasteiger partial charge is 0.0595 e. The van der Waals surface area contributed by atoms with Crippen LogP contribution in [0, 0.1) is 0 Å². The summed E-state index contributed by atoms with van der Waals surface area (Å²) in [6.07, 6.45) is 2.20. The molecule has 0 saturated carbocycles. The van der Waals surface area contributed by atoms with Crippen LogP contribution in [0.25, 0.3) is 0 Å². The van der Waals surface area contributed by atoms with E-state index in [0.717, 1.165) is 12.8 Å². The molecule has 23 heavy (non-hydrogen) atoms. The third-order valence-corrected chi connectivity index (χ3v) is 5.32. The Labute approximate surface area is 153 Å². The summed E-state index contributed by atoms with van der Waals surface area (Å²) in [6.45, 7) is 0.571. The number of fused-ring (bicyclic) bond motifs is 1.